The van der Waals surface area contributed by atoms with Crippen molar-refractivity contribution in [3.8, 4) is 5.75 Å². The van der Waals surface area contributed by atoms with E-state index >= 15 is 0 Å². The van der Waals surface area contributed by atoms with Gasteiger partial charge in [-0.25, -0.2) is 4.79 Å². The maximum atomic E-state index is 12.3. The number of ether oxygens (including phenoxy) is 1. The second-order valence-corrected chi connectivity index (χ2v) is 6.71. The molecule has 0 N–H and O–H groups in total. The van der Waals surface area contributed by atoms with Crippen LogP contribution in [0.15, 0.2) is 45.6 Å². The number of Topliss-reactive ketones (excluding diaryl/α,β-unsaturated/α-hetero) is 1. The summed E-state index contributed by atoms with van der Waals surface area (Å²) in [6.07, 6.45) is 0.0920. The first-order chi connectivity index (χ1) is 12.4. The lowest BCUT2D eigenvalue weighted by molar-refractivity contribution is -0.116. The second-order valence-electron chi connectivity index (χ2n) is 6.71. The quantitative estimate of drug-likeness (QED) is 0.639. The Bertz CT molecular complexity index is 1040. The van der Waals surface area contributed by atoms with Gasteiger partial charge in [0.2, 0.25) is 0 Å². The highest BCUT2D eigenvalue weighted by atomic mass is 16.5. The molecular weight excluding hydrogens is 328 g/mol. The number of ketones is 1. The van der Waals surface area contributed by atoms with E-state index in [-0.39, 0.29) is 12.2 Å². The summed E-state index contributed by atoms with van der Waals surface area (Å²) in [5, 5.41) is 0.834. The van der Waals surface area contributed by atoms with Gasteiger partial charge in [0.15, 0.2) is 0 Å². The number of rotatable bonds is 5. The van der Waals surface area contributed by atoms with E-state index in [4.69, 9.17) is 9.15 Å². The first-order valence-corrected chi connectivity index (χ1v) is 8.60. The highest BCUT2D eigenvalue weighted by Crippen LogP contribution is 2.30. The van der Waals surface area contributed by atoms with Gasteiger partial charge in [-0.3, -0.25) is 4.79 Å². The van der Waals surface area contributed by atoms with E-state index in [1.165, 1.54) is 12.5 Å². The Morgan fingerprint density at radius 2 is 1.85 bits per heavy atom. The Balaban J connectivity index is 1.98. The summed E-state index contributed by atoms with van der Waals surface area (Å²) >= 11 is 0. The van der Waals surface area contributed by atoms with Gasteiger partial charge in [-0.05, 0) is 51.0 Å². The van der Waals surface area contributed by atoms with Crippen LogP contribution in [0.2, 0.25) is 0 Å². The number of fused-ring (bicyclic) bond motifs is 1. The van der Waals surface area contributed by atoms with E-state index in [0.717, 1.165) is 22.1 Å². The van der Waals surface area contributed by atoms with E-state index < -0.39 is 5.63 Å². The van der Waals surface area contributed by atoms with Gasteiger partial charge >= 0.3 is 5.63 Å². The van der Waals surface area contributed by atoms with Crippen molar-refractivity contribution < 1.29 is 13.9 Å². The van der Waals surface area contributed by atoms with Crippen LogP contribution in [-0.4, -0.2) is 5.78 Å². The fraction of sp³-hybridized carbons (Fsp3) is 0.273. The first kappa shape index (κ1) is 17.9. The van der Waals surface area contributed by atoms with Gasteiger partial charge in [-0.15, -0.1) is 0 Å². The number of aryl methyl sites for hydroxylation is 3. The molecule has 0 saturated carbocycles. The van der Waals surface area contributed by atoms with Crippen molar-refractivity contribution in [2.75, 3.05) is 0 Å². The third-order valence-corrected chi connectivity index (χ3v) is 4.56. The maximum Gasteiger partial charge on any atom is 0.340 e. The van der Waals surface area contributed by atoms with Gasteiger partial charge in [0.1, 0.15) is 23.7 Å². The lowest BCUT2D eigenvalue weighted by Gasteiger charge is -2.13. The van der Waals surface area contributed by atoms with Gasteiger partial charge in [0, 0.05) is 22.9 Å². The van der Waals surface area contributed by atoms with Crippen LogP contribution in [-0.2, 0) is 17.8 Å². The molecule has 0 bridgehead atoms. The van der Waals surface area contributed by atoms with E-state index in [1.54, 1.807) is 0 Å². The molecule has 26 heavy (non-hydrogen) atoms. The molecule has 4 heteroatoms. The number of hydrogen-bond acceptors (Lipinski definition) is 4. The predicted octanol–water partition coefficient (Wildman–Crippen LogP) is 4.43. The molecule has 3 aromatic rings. The summed E-state index contributed by atoms with van der Waals surface area (Å²) in [6, 6.07) is 11.9. The lowest BCUT2D eigenvalue weighted by Crippen LogP contribution is -2.14. The van der Waals surface area contributed by atoms with Gasteiger partial charge in [-0.2, -0.15) is 0 Å². The van der Waals surface area contributed by atoms with Crippen molar-refractivity contribution in [1.82, 2.24) is 0 Å². The minimum atomic E-state index is -0.455. The van der Waals surface area contributed by atoms with Crippen LogP contribution in [0.3, 0.4) is 0 Å². The molecule has 134 valence electrons. The molecule has 0 aliphatic carbocycles. The largest absolute Gasteiger partial charge is 0.488 e. The van der Waals surface area contributed by atoms with Crippen LogP contribution < -0.4 is 10.4 Å². The zero-order chi connectivity index (χ0) is 18.8. The second kappa shape index (κ2) is 7.16. The molecule has 0 aliphatic heterocycles. The van der Waals surface area contributed by atoms with Gasteiger partial charge in [0.05, 0.1) is 0 Å². The minimum Gasteiger partial charge on any atom is -0.488 e. The molecule has 0 aliphatic rings. The van der Waals surface area contributed by atoms with Crippen molar-refractivity contribution in [1.29, 1.82) is 0 Å². The summed E-state index contributed by atoms with van der Waals surface area (Å²) in [7, 11) is 0. The van der Waals surface area contributed by atoms with Crippen LogP contribution in [0.5, 0.6) is 5.75 Å². The van der Waals surface area contributed by atoms with Gasteiger partial charge in [-0.1, -0.05) is 29.8 Å². The van der Waals surface area contributed by atoms with Crippen LogP contribution in [0.1, 0.15) is 34.7 Å². The summed E-state index contributed by atoms with van der Waals surface area (Å²) in [5.74, 6) is 0.621. The predicted molar refractivity (Wildman–Crippen MR) is 102 cm³/mol. The first-order valence-electron chi connectivity index (χ1n) is 8.60. The van der Waals surface area contributed by atoms with Gasteiger partial charge in [0.25, 0.3) is 0 Å². The Morgan fingerprint density at radius 3 is 2.54 bits per heavy atom. The van der Waals surface area contributed by atoms with E-state index in [9.17, 15) is 9.59 Å². The molecule has 3 rings (SSSR count). The van der Waals surface area contributed by atoms with Crippen molar-refractivity contribution in [3.05, 3.63) is 74.6 Å². The van der Waals surface area contributed by atoms with Crippen LogP contribution in [0.25, 0.3) is 11.0 Å². The standard InChI is InChI=1S/C22H22O4/c1-13-6-5-7-17(10-13)12-25-20-9-8-18-15(3)19(11-14(2)23)22(24)26-21(18)16(20)4/h5-10H,11-12H2,1-4H3. The molecular formula is C22H22O4. The highest BCUT2D eigenvalue weighted by molar-refractivity contribution is 5.87. The molecule has 0 amide bonds. The van der Waals surface area contributed by atoms with Crippen LogP contribution in [0, 0.1) is 20.8 Å². The number of hydrogen-bond donors (Lipinski definition) is 0. The van der Waals surface area contributed by atoms with Crippen molar-refractivity contribution in [2.24, 2.45) is 0 Å². The topological polar surface area (TPSA) is 56.5 Å². The zero-order valence-corrected chi connectivity index (χ0v) is 15.5. The Morgan fingerprint density at radius 1 is 1.08 bits per heavy atom. The average Bonchev–Trinajstić information content (AvgIpc) is 2.58. The number of carbonyl (C=O) groups is 1. The Kier molecular flexibility index (Phi) is 4.94. The highest BCUT2D eigenvalue weighted by Gasteiger charge is 2.16. The SMILES string of the molecule is CC(=O)Cc1c(C)c2ccc(OCc3cccc(C)c3)c(C)c2oc1=O. The number of carbonyl (C=O) groups excluding carboxylic acids is 1. The molecule has 1 aromatic heterocycles. The molecule has 0 fully saturated rings. The smallest absolute Gasteiger partial charge is 0.340 e. The normalized spacial score (nSPS) is 10.9. The fourth-order valence-electron chi connectivity index (χ4n) is 3.14. The molecule has 4 nitrogen and oxygen atoms in total. The maximum absolute atomic E-state index is 12.3. The molecule has 0 unspecified atom stereocenters. The molecule has 0 atom stereocenters. The number of benzene rings is 2. The molecule has 0 spiro atoms. The van der Waals surface area contributed by atoms with Gasteiger partial charge < -0.3 is 9.15 Å². The molecule has 1 heterocycles. The van der Waals surface area contributed by atoms with Crippen LogP contribution in [0.4, 0.5) is 0 Å². The zero-order valence-electron chi connectivity index (χ0n) is 15.5. The van der Waals surface area contributed by atoms with Crippen LogP contribution >= 0.6 is 0 Å². The Hall–Kier alpha value is -2.88. The minimum absolute atomic E-state index is 0.0606. The average molecular weight is 350 g/mol. The molecule has 2 aromatic carbocycles. The lowest BCUT2D eigenvalue weighted by atomic mass is 10.0. The summed E-state index contributed by atoms with van der Waals surface area (Å²) < 4.78 is 11.5. The van der Waals surface area contributed by atoms with E-state index in [0.29, 0.717) is 23.5 Å². The Labute approximate surface area is 152 Å². The third-order valence-electron chi connectivity index (χ3n) is 4.56. The molecule has 0 saturated heterocycles. The van der Waals surface area contributed by atoms with E-state index in [1.807, 2.05) is 51.1 Å². The fourth-order valence-corrected chi connectivity index (χ4v) is 3.14. The molecule has 0 radical (unpaired) electrons. The summed E-state index contributed by atoms with van der Waals surface area (Å²) in [5.41, 5.74) is 4.33. The van der Waals surface area contributed by atoms with Crippen molar-refractivity contribution in [3.63, 3.8) is 0 Å². The monoisotopic (exact) mass is 350 g/mol. The summed E-state index contributed by atoms with van der Waals surface area (Å²) in [6.45, 7) is 7.68. The third kappa shape index (κ3) is 3.54. The van der Waals surface area contributed by atoms with Crippen molar-refractivity contribution >= 4 is 16.8 Å². The summed E-state index contributed by atoms with van der Waals surface area (Å²) in [4.78, 5) is 23.7. The van der Waals surface area contributed by atoms with Crippen molar-refractivity contribution in [2.45, 2.75) is 40.7 Å². The van der Waals surface area contributed by atoms with E-state index in [2.05, 4.69) is 6.07 Å².